The zero-order chi connectivity index (χ0) is 19.8. The van der Waals surface area contributed by atoms with E-state index >= 15 is 0 Å². The number of rotatable bonds is 8. The second kappa shape index (κ2) is 9.64. The van der Waals surface area contributed by atoms with Crippen molar-refractivity contribution in [3.63, 3.8) is 0 Å². The van der Waals surface area contributed by atoms with E-state index in [9.17, 15) is 4.79 Å². The summed E-state index contributed by atoms with van der Waals surface area (Å²) in [7, 11) is 0. The molecule has 0 saturated heterocycles. The molecule has 1 atom stereocenters. The standard InChI is InChI=1S/C20H23N5OS/c1-4-14(2)6-5-7-15(3)25(13-22)20(26)18-12-16-17(23-11-9-21)8-10-24-19(16)27-18/h4-5,7-8,10,12-13,15,22H,6,11H2,1-3H3,(H,23,24)/b7-5-,14-4-,22-13?. The summed E-state index contributed by atoms with van der Waals surface area (Å²) in [5, 5.41) is 20.3. The van der Waals surface area contributed by atoms with Gasteiger partial charge in [0, 0.05) is 17.3 Å². The van der Waals surface area contributed by atoms with Crippen molar-refractivity contribution < 1.29 is 4.79 Å². The maximum absolute atomic E-state index is 12.9. The van der Waals surface area contributed by atoms with E-state index in [1.54, 1.807) is 18.3 Å². The lowest BCUT2D eigenvalue weighted by molar-refractivity contribution is 0.0838. The van der Waals surface area contributed by atoms with E-state index < -0.39 is 0 Å². The number of carbonyl (C=O) groups excluding carboxylic acids is 1. The molecule has 2 aromatic heterocycles. The highest BCUT2D eigenvalue weighted by Crippen LogP contribution is 2.30. The monoisotopic (exact) mass is 381 g/mol. The fourth-order valence-electron chi connectivity index (χ4n) is 2.48. The molecule has 0 aliphatic rings. The lowest BCUT2D eigenvalue weighted by Gasteiger charge is -2.21. The maximum Gasteiger partial charge on any atom is 0.269 e. The minimum atomic E-state index is -0.237. The molecule has 0 fully saturated rings. The summed E-state index contributed by atoms with van der Waals surface area (Å²) >= 11 is 1.28. The summed E-state index contributed by atoms with van der Waals surface area (Å²) in [6.45, 7) is 6.11. The van der Waals surface area contributed by atoms with E-state index in [0.717, 1.165) is 28.7 Å². The van der Waals surface area contributed by atoms with Crippen LogP contribution in [0.25, 0.3) is 10.2 Å². The van der Waals surface area contributed by atoms with Crippen LogP contribution < -0.4 is 5.32 Å². The first-order valence-corrected chi connectivity index (χ1v) is 9.44. The van der Waals surface area contributed by atoms with Gasteiger partial charge in [-0.2, -0.15) is 5.26 Å². The van der Waals surface area contributed by atoms with Gasteiger partial charge in [0.25, 0.3) is 5.91 Å². The van der Waals surface area contributed by atoms with Gasteiger partial charge >= 0.3 is 0 Å². The molecule has 0 aromatic carbocycles. The fraction of sp³-hybridized carbons (Fsp3) is 0.300. The van der Waals surface area contributed by atoms with Gasteiger partial charge in [0.15, 0.2) is 0 Å². The number of fused-ring (bicyclic) bond motifs is 1. The Bertz CT molecular complexity index is 922. The number of amides is 1. The van der Waals surface area contributed by atoms with Crippen molar-refractivity contribution in [2.24, 2.45) is 0 Å². The zero-order valence-corrected chi connectivity index (χ0v) is 16.5. The first kappa shape index (κ1) is 20.3. The van der Waals surface area contributed by atoms with Crippen LogP contribution in [0.1, 0.15) is 36.9 Å². The van der Waals surface area contributed by atoms with Gasteiger partial charge in [-0.15, -0.1) is 11.3 Å². The van der Waals surface area contributed by atoms with Gasteiger partial charge in [0.1, 0.15) is 11.4 Å². The highest BCUT2D eigenvalue weighted by atomic mass is 32.1. The predicted molar refractivity (Wildman–Crippen MR) is 111 cm³/mol. The zero-order valence-electron chi connectivity index (χ0n) is 15.7. The van der Waals surface area contributed by atoms with Crippen LogP contribution in [0.5, 0.6) is 0 Å². The third-order valence-corrected chi connectivity index (χ3v) is 5.19. The van der Waals surface area contributed by atoms with E-state index in [2.05, 4.69) is 23.3 Å². The SMILES string of the molecule is C/C=C(/C)C/C=C\C(C)N(C=N)C(=O)c1cc2c(NCC#N)ccnc2s1. The first-order valence-electron chi connectivity index (χ1n) is 8.62. The number of pyridine rings is 1. The third-order valence-electron chi connectivity index (χ3n) is 4.16. The van der Waals surface area contributed by atoms with Crippen LogP contribution in [0.3, 0.4) is 0 Å². The van der Waals surface area contributed by atoms with Crippen LogP contribution in [0, 0.1) is 16.7 Å². The van der Waals surface area contributed by atoms with E-state index in [-0.39, 0.29) is 18.5 Å². The molecule has 1 amide bonds. The Labute approximate surface area is 163 Å². The Balaban J connectivity index is 2.24. The predicted octanol–water partition coefficient (Wildman–Crippen LogP) is 4.58. The third kappa shape index (κ3) is 5.02. The van der Waals surface area contributed by atoms with Gasteiger partial charge in [-0.1, -0.05) is 23.8 Å². The Morgan fingerprint density at radius 2 is 2.33 bits per heavy atom. The van der Waals surface area contributed by atoms with Gasteiger partial charge in [-0.25, -0.2) is 4.98 Å². The molecule has 0 radical (unpaired) electrons. The average molecular weight is 382 g/mol. The lowest BCUT2D eigenvalue weighted by Crippen LogP contribution is -2.35. The van der Waals surface area contributed by atoms with E-state index in [0.29, 0.717) is 4.88 Å². The molecule has 2 N–H and O–H groups in total. The van der Waals surface area contributed by atoms with E-state index in [1.807, 2.05) is 32.1 Å². The van der Waals surface area contributed by atoms with Crippen molar-refractivity contribution in [2.45, 2.75) is 33.2 Å². The topological polar surface area (TPSA) is 92.9 Å². The molecule has 27 heavy (non-hydrogen) atoms. The Hall–Kier alpha value is -2.98. The van der Waals surface area contributed by atoms with Crippen molar-refractivity contribution >= 4 is 39.5 Å². The molecular weight excluding hydrogens is 358 g/mol. The molecule has 0 aliphatic heterocycles. The summed E-state index contributed by atoms with van der Waals surface area (Å²) < 4.78 is 0. The number of hydrogen-bond donors (Lipinski definition) is 2. The number of nitrogens with one attached hydrogen (secondary N) is 2. The molecule has 2 heterocycles. The molecule has 0 bridgehead atoms. The quantitative estimate of drug-likeness (QED) is 0.303. The van der Waals surface area contributed by atoms with Crippen molar-refractivity contribution in [3.8, 4) is 6.07 Å². The van der Waals surface area contributed by atoms with Crippen LogP contribution in [0.4, 0.5) is 5.69 Å². The fourth-order valence-corrected chi connectivity index (χ4v) is 3.45. The largest absolute Gasteiger partial charge is 0.372 e. The number of hydrogen-bond acceptors (Lipinski definition) is 6. The van der Waals surface area contributed by atoms with Crippen LogP contribution in [0.15, 0.2) is 42.1 Å². The van der Waals surface area contributed by atoms with Gasteiger partial charge in [-0.3, -0.25) is 15.1 Å². The molecule has 1 unspecified atom stereocenters. The molecule has 6 nitrogen and oxygen atoms in total. The molecule has 140 valence electrons. The summed E-state index contributed by atoms with van der Waals surface area (Å²) in [6, 6.07) is 5.36. The number of anilines is 1. The lowest BCUT2D eigenvalue weighted by atomic mass is 10.1. The Kier molecular flexibility index (Phi) is 7.26. The number of nitrogens with zero attached hydrogens (tertiary/aromatic N) is 3. The number of nitriles is 1. The number of carbonyl (C=O) groups is 1. The summed E-state index contributed by atoms with van der Waals surface area (Å²) in [5.41, 5.74) is 2.02. The summed E-state index contributed by atoms with van der Waals surface area (Å²) in [6.07, 6.45) is 9.53. The first-order chi connectivity index (χ1) is 13.0. The van der Waals surface area contributed by atoms with E-state index in [4.69, 9.17) is 10.7 Å². The Morgan fingerprint density at radius 1 is 1.56 bits per heavy atom. The molecule has 2 aromatic rings. The molecule has 0 saturated carbocycles. The van der Waals surface area contributed by atoms with Crippen LogP contribution in [0.2, 0.25) is 0 Å². The number of thiophene rings is 1. The molecule has 7 heteroatoms. The number of allylic oxidation sites excluding steroid dienone is 3. The molecular formula is C20H23N5OS. The number of aromatic nitrogens is 1. The van der Waals surface area contributed by atoms with Crippen molar-refractivity contribution in [2.75, 3.05) is 11.9 Å². The minimum Gasteiger partial charge on any atom is -0.372 e. The van der Waals surface area contributed by atoms with Gasteiger partial charge in [0.05, 0.1) is 23.3 Å². The normalized spacial score (nSPS) is 12.7. The van der Waals surface area contributed by atoms with Gasteiger partial charge in [-0.05, 0) is 39.3 Å². The minimum absolute atomic E-state index is 0.179. The average Bonchev–Trinajstić information content (AvgIpc) is 3.11. The molecule has 0 aliphatic carbocycles. The maximum atomic E-state index is 12.9. The smallest absolute Gasteiger partial charge is 0.269 e. The van der Waals surface area contributed by atoms with Gasteiger partial charge in [0.2, 0.25) is 0 Å². The van der Waals surface area contributed by atoms with Crippen LogP contribution in [-0.2, 0) is 0 Å². The second-order valence-electron chi connectivity index (χ2n) is 6.05. The summed E-state index contributed by atoms with van der Waals surface area (Å²) in [5.74, 6) is -0.237. The van der Waals surface area contributed by atoms with Crippen LogP contribution >= 0.6 is 11.3 Å². The highest BCUT2D eigenvalue weighted by Gasteiger charge is 2.21. The summed E-state index contributed by atoms with van der Waals surface area (Å²) in [4.78, 5) is 19.8. The highest BCUT2D eigenvalue weighted by molar-refractivity contribution is 7.20. The van der Waals surface area contributed by atoms with Crippen molar-refractivity contribution in [1.29, 1.82) is 10.7 Å². The van der Waals surface area contributed by atoms with Crippen molar-refractivity contribution in [1.82, 2.24) is 9.88 Å². The Morgan fingerprint density at radius 3 is 3.00 bits per heavy atom. The molecule has 0 spiro atoms. The van der Waals surface area contributed by atoms with E-state index in [1.165, 1.54) is 21.8 Å². The van der Waals surface area contributed by atoms with Crippen LogP contribution in [-0.4, -0.2) is 34.7 Å². The molecule has 2 rings (SSSR count). The van der Waals surface area contributed by atoms with Crippen molar-refractivity contribution in [3.05, 3.63) is 47.0 Å². The second-order valence-corrected chi connectivity index (χ2v) is 7.08. The van der Waals surface area contributed by atoms with Gasteiger partial charge < -0.3 is 5.32 Å².